The van der Waals surface area contributed by atoms with Crippen molar-refractivity contribution in [1.29, 1.82) is 0 Å². The molecule has 0 aliphatic rings. The summed E-state index contributed by atoms with van der Waals surface area (Å²) in [7, 11) is 1.73. The molecule has 1 aromatic heterocycles. The van der Waals surface area contributed by atoms with E-state index in [0.717, 1.165) is 22.0 Å². The minimum Gasteiger partial charge on any atom is -0.496 e. The molecule has 0 aliphatic heterocycles. The summed E-state index contributed by atoms with van der Waals surface area (Å²) in [6, 6.07) is 2.20. The molecule has 0 N–H and O–H groups in total. The highest BCUT2D eigenvalue weighted by molar-refractivity contribution is 7.13. The van der Waals surface area contributed by atoms with Crippen LogP contribution < -0.4 is 4.74 Å². The van der Waals surface area contributed by atoms with Crippen LogP contribution in [0.1, 0.15) is 22.4 Å². The van der Waals surface area contributed by atoms with Crippen LogP contribution in [0.15, 0.2) is 11.4 Å². The van der Waals surface area contributed by atoms with E-state index in [1.807, 2.05) is 6.92 Å². The van der Waals surface area contributed by atoms with Crippen LogP contribution in [0.5, 0.6) is 5.75 Å². The van der Waals surface area contributed by atoms with Crippen molar-refractivity contribution in [2.45, 2.75) is 27.7 Å². The fraction of sp³-hybridized carbons (Fsp3) is 0.357. The van der Waals surface area contributed by atoms with Crippen molar-refractivity contribution < 1.29 is 4.74 Å². The molecule has 0 bridgehead atoms. The summed E-state index contributed by atoms with van der Waals surface area (Å²) in [5.41, 5.74) is 5.87. The van der Waals surface area contributed by atoms with E-state index in [1.54, 1.807) is 18.4 Å². The first-order chi connectivity index (χ1) is 8.04. The summed E-state index contributed by atoms with van der Waals surface area (Å²) in [6.07, 6.45) is 0. The average molecular weight is 247 g/mol. The first-order valence-corrected chi connectivity index (χ1v) is 6.50. The van der Waals surface area contributed by atoms with E-state index >= 15 is 0 Å². The summed E-state index contributed by atoms with van der Waals surface area (Å²) in [5.74, 6) is 0.955. The highest BCUT2D eigenvalue weighted by Crippen LogP contribution is 2.38. The van der Waals surface area contributed by atoms with Crippen molar-refractivity contribution in [2.24, 2.45) is 0 Å². The number of nitrogens with zero attached hydrogens (tertiary/aromatic N) is 1. The Bertz CT molecular complexity index is 558. The molecule has 2 aromatic rings. The Morgan fingerprint density at radius 3 is 2.35 bits per heavy atom. The van der Waals surface area contributed by atoms with Crippen molar-refractivity contribution >= 4 is 11.3 Å². The number of rotatable bonds is 2. The maximum absolute atomic E-state index is 5.57. The summed E-state index contributed by atoms with van der Waals surface area (Å²) < 4.78 is 5.57. The van der Waals surface area contributed by atoms with Gasteiger partial charge in [0.2, 0.25) is 0 Å². The van der Waals surface area contributed by atoms with Crippen LogP contribution in [0.4, 0.5) is 0 Å². The summed E-state index contributed by atoms with van der Waals surface area (Å²) in [5, 5.41) is 3.11. The Kier molecular flexibility index (Phi) is 3.20. The minimum atomic E-state index is 0.955. The number of methoxy groups -OCH3 is 1. The summed E-state index contributed by atoms with van der Waals surface area (Å²) in [6.45, 7) is 8.34. The molecule has 0 aliphatic carbocycles. The molecule has 0 spiro atoms. The average Bonchev–Trinajstić information content (AvgIpc) is 2.69. The van der Waals surface area contributed by atoms with Crippen molar-refractivity contribution in [3.05, 3.63) is 33.8 Å². The van der Waals surface area contributed by atoms with E-state index in [2.05, 4.69) is 37.2 Å². The molecule has 0 saturated carbocycles. The van der Waals surface area contributed by atoms with Gasteiger partial charge in [0.15, 0.2) is 0 Å². The number of hydrogen-bond acceptors (Lipinski definition) is 3. The van der Waals surface area contributed by atoms with E-state index < -0.39 is 0 Å². The number of ether oxygens (including phenoxy) is 1. The predicted octanol–water partition coefficient (Wildman–Crippen LogP) is 4.05. The summed E-state index contributed by atoms with van der Waals surface area (Å²) in [4.78, 5) is 4.56. The first kappa shape index (κ1) is 12.1. The Morgan fingerprint density at radius 2 is 1.82 bits per heavy atom. The number of aryl methyl sites for hydroxylation is 3. The molecule has 1 heterocycles. The SMILES string of the molecule is COc1c(C)c(C)cc(C)c1-c1nc(C)cs1. The second kappa shape index (κ2) is 4.49. The third kappa shape index (κ3) is 2.07. The monoisotopic (exact) mass is 247 g/mol. The van der Waals surface area contributed by atoms with Gasteiger partial charge in [-0.2, -0.15) is 0 Å². The minimum absolute atomic E-state index is 0.955. The van der Waals surface area contributed by atoms with Gasteiger partial charge < -0.3 is 4.74 Å². The molecular formula is C14H17NOS. The smallest absolute Gasteiger partial charge is 0.132 e. The van der Waals surface area contributed by atoms with Crippen LogP contribution >= 0.6 is 11.3 Å². The number of thiazole rings is 1. The molecule has 0 unspecified atom stereocenters. The van der Waals surface area contributed by atoms with Crippen LogP contribution in [0, 0.1) is 27.7 Å². The molecule has 3 heteroatoms. The first-order valence-electron chi connectivity index (χ1n) is 5.62. The zero-order valence-corrected chi connectivity index (χ0v) is 11.7. The zero-order valence-electron chi connectivity index (χ0n) is 10.9. The zero-order chi connectivity index (χ0) is 12.6. The number of benzene rings is 1. The molecule has 0 radical (unpaired) electrons. The third-order valence-corrected chi connectivity index (χ3v) is 4.00. The van der Waals surface area contributed by atoms with Gasteiger partial charge in [0.05, 0.1) is 12.7 Å². The summed E-state index contributed by atoms with van der Waals surface area (Å²) >= 11 is 1.67. The van der Waals surface area contributed by atoms with E-state index in [0.29, 0.717) is 0 Å². The van der Waals surface area contributed by atoms with E-state index in [4.69, 9.17) is 4.74 Å². The van der Waals surface area contributed by atoms with Crippen molar-refractivity contribution in [2.75, 3.05) is 7.11 Å². The molecule has 2 rings (SSSR count). The van der Waals surface area contributed by atoms with Crippen molar-refractivity contribution in [3.8, 4) is 16.3 Å². The molecule has 1 aromatic carbocycles. The third-order valence-electron chi connectivity index (χ3n) is 3.02. The molecule has 90 valence electrons. The molecule has 0 fully saturated rings. The molecule has 0 amide bonds. The maximum atomic E-state index is 5.57. The lowest BCUT2D eigenvalue weighted by atomic mass is 9.99. The maximum Gasteiger partial charge on any atom is 0.132 e. The lowest BCUT2D eigenvalue weighted by Gasteiger charge is -2.14. The topological polar surface area (TPSA) is 22.1 Å². The number of aromatic nitrogens is 1. The van der Waals surface area contributed by atoms with E-state index in [9.17, 15) is 0 Å². The second-order valence-electron chi connectivity index (χ2n) is 4.34. The Hall–Kier alpha value is -1.35. The van der Waals surface area contributed by atoms with E-state index in [1.165, 1.54) is 16.7 Å². The molecule has 0 saturated heterocycles. The van der Waals surface area contributed by atoms with Crippen LogP contribution in [0.25, 0.3) is 10.6 Å². The Balaban J connectivity index is 2.72. The van der Waals surface area contributed by atoms with Gasteiger partial charge in [0.1, 0.15) is 10.8 Å². The fourth-order valence-corrected chi connectivity index (χ4v) is 2.94. The largest absolute Gasteiger partial charge is 0.496 e. The van der Waals surface area contributed by atoms with E-state index in [-0.39, 0.29) is 0 Å². The quantitative estimate of drug-likeness (QED) is 0.798. The lowest BCUT2D eigenvalue weighted by molar-refractivity contribution is 0.412. The van der Waals surface area contributed by atoms with Crippen LogP contribution in [0.2, 0.25) is 0 Å². The highest BCUT2D eigenvalue weighted by atomic mass is 32.1. The van der Waals surface area contributed by atoms with Crippen LogP contribution in [-0.2, 0) is 0 Å². The van der Waals surface area contributed by atoms with Gasteiger partial charge in [0.25, 0.3) is 0 Å². The lowest BCUT2D eigenvalue weighted by Crippen LogP contribution is -1.96. The predicted molar refractivity (Wildman–Crippen MR) is 73.1 cm³/mol. The molecule has 0 atom stereocenters. The van der Waals surface area contributed by atoms with Gasteiger partial charge in [0, 0.05) is 11.1 Å². The van der Waals surface area contributed by atoms with Crippen LogP contribution in [0.3, 0.4) is 0 Å². The van der Waals surface area contributed by atoms with Gasteiger partial charge in [-0.25, -0.2) is 4.98 Å². The van der Waals surface area contributed by atoms with Crippen LogP contribution in [-0.4, -0.2) is 12.1 Å². The standard InChI is InChI=1S/C14H17NOS/c1-8-6-9(2)12(13(16-5)11(8)4)14-15-10(3)7-17-14/h6-7H,1-5H3. The number of hydrogen-bond donors (Lipinski definition) is 0. The van der Waals surface area contributed by atoms with Gasteiger partial charge >= 0.3 is 0 Å². The van der Waals surface area contributed by atoms with Gasteiger partial charge in [-0.1, -0.05) is 6.07 Å². The molecular weight excluding hydrogens is 230 g/mol. The molecule has 17 heavy (non-hydrogen) atoms. The highest BCUT2D eigenvalue weighted by Gasteiger charge is 2.16. The fourth-order valence-electron chi connectivity index (χ4n) is 2.04. The van der Waals surface area contributed by atoms with Crippen molar-refractivity contribution in [3.63, 3.8) is 0 Å². The Morgan fingerprint density at radius 1 is 1.12 bits per heavy atom. The normalized spacial score (nSPS) is 10.6. The molecule has 2 nitrogen and oxygen atoms in total. The van der Waals surface area contributed by atoms with Gasteiger partial charge in [-0.3, -0.25) is 0 Å². The van der Waals surface area contributed by atoms with Crippen molar-refractivity contribution in [1.82, 2.24) is 4.98 Å². The van der Waals surface area contributed by atoms with Gasteiger partial charge in [-0.05, 0) is 44.4 Å². The second-order valence-corrected chi connectivity index (χ2v) is 5.20. The Labute approximate surface area is 106 Å². The van der Waals surface area contributed by atoms with Gasteiger partial charge in [-0.15, -0.1) is 11.3 Å².